The van der Waals surface area contributed by atoms with E-state index in [0.29, 0.717) is 19.0 Å². The van der Waals surface area contributed by atoms with Crippen molar-refractivity contribution in [1.29, 1.82) is 0 Å². The van der Waals surface area contributed by atoms with E-state index in [-0.39, 0.29) is 11.8 Å². The maximum atomic E-state index is 12.9. The van der Waals surface area contributed by atoms with E-state index in [9.17, 15) is 9.59 Å². The Bertz CT molecular complexity index is 990. The molecule has 0 atom stereocenters. The molecule has 0 bridgehead atoms. The van der Waals surface area contributed by atoms with Crippen LogP contribution in [0.4, 0.5) is 0 Å². The van der Waals surface area contributed by atoms with Crippen molar-refractivity contribution in [2.75, 3.05) is 0 Å². The van der Waals surface area contributed by atoms with E-state index in [1.165, 1.54) is 39.0 Å². The summed E-state index contributed by atoms with van der Waals surface area (Å²) in [4.78, 5) is 24.1. The Morgan fingerprint density at radius 2 is 1.97 bits per heavy atom. The molecule has 1 N–H and O–H groups in total. The molecule has 2 aromatic rings. The average molecular weight is 404 g/mol. The van der Waals surface area contributed by atoms with Crippen molar-refractivity contribution in [2.24, 2.45) is 11.0 Å². The molecule has 2 amide bonds. The molecule has 30 heavy (non-hydrogen) atoms. The highest BCUT2D eigenvalue weighted by Crippen LogP contribution is 2.32. The van der Waals surface area contributed by atoms with E-state index in [4.69, 9.17) is 0 Å². The Morgan fingerprint density at radius 1 is 1.17 bits per heavy atom. The van der Waals surface area contributed by atoms with Crippen LogP contribution in [0.5, 0.6) is 0 Å². The molecule has 1 fully saturated rings. The van der Waals surface area contributed by atoms with Crippen LogP contribution in [0.15, 0.2) is 41.5 Å². The lowest BCUT2D eigenvalue weighted by Crippen LogP contribution is -2.19. The number of hydrazone groups is 1. The van der Waals surface area contributed by atoms with Gasteiger partial charge < -0.3 is 5.32 Å². The summed E-state index contributed by atoms with van der Waals surface area (Å²) in [6.07, 6.45) is 8.17. The fraction of sp³-hybridized carbons (Fsp3) is 0.400. The van der Waals surface area contributed by atoms with Crippen molar-refractivity contribution in [3.05, 3.63) is 58.7 Å². The summed E-state index contributed by atoms with van der Waals surface area (Å²) >= 11 is 0. The summed E-state index contributed by atoms with van der Waals surface area (Å²) in [6.45, 7) is 4.55. The Labute approximate surface area is 178 Å². The van der Waals surface area contributed by atoms with E-state index in [0.717, 1.165) is 33.4 Å². The van der Waals surface area contributed by atoms with Gasteiger partial charge in [-0.25, -0.2) is 5.01 Å². The van der Waals surface area contributed by atoms with Crippen LogP contribution in [0, 0.1) is 12.8 Å². The fourth-order valence-electron chi connectivity index (χ4n) is 4.46. The van der Waals surface area contributed by atoms with E-state index >= 15 is 0 Å². The van der Waals surface area contributed by atoms with Gasteiger partial charge in [-0.3, -0.25) is 9.59 Å². The molecule has 0 aromatic heterocycles. The van der Waals surface area contributed by atoms with Gasteiger partial charge in [0.25, 0.3) is 5.91 Å². The van der Waals surface area contributed by atoms with Crippen LogP contribution >= 0.6 is 0 Å². The van der Waals surface area contributed by atoms with Gasteiger partial charge in [-0.2, -0.15) is 5.10 Å². The third-order valence-electron chi connectivity index (χ3n) is 6.05. The zero-order valence-corrected chi connectivity index (χ0v) is 17.8. The maximum Gasteiger partial charge on any atom is 0.274 e. The van der Waals surface area contributed by atoms with Gasteiger partial charge in [-0.05, 0) is 65.6 Å². The summed E-state index contributed by atoms with van der Waals surface area (Å²) in [5, 5.41) is 9.01. The van der Waals surface area contributed by atoms with Crippen LogP contribution in [0.2, 0.25) is 0 Å². The van der Waals surface area contributed by atoms with Crippen molar-refractivity contribution in [2.45, 2.75) is 59.0 Å². The van der Waals surface area contributed by atoms with Gasteiger partial charge in [0.15, 0.2) is 0 Å². The molecule has 0 unspecified atom stereocenters. The Hall–Kier alpha value is -2.95. The Morgan fingerprint density at radius 3 is 2.73 bits per heavy atom. The second kappa shape index (κ2) is 8.82. The largest absolute Gasteiger partial charge is 0.352 e. The molecule has 1 saturated carbocycles. The molecular formula is C25H29N3O2. The van der Waals surface area contributed by atoms with Gasteiger partial charge in [0.1, 0.15) is 0 Å². The van der Waals surface area contributed by atoms with Gasteiger partial charge in [0, 0.05) is 25.2 Å². The average Bonchev–Trinajstić information content (AvgIpc) is 3.07. The predicted octanol–water partition coefficient (Wildman–Crippen LogP) is 4.82. The first-order chi connectivity index (χ1) is 14.5. The molecule has 0 saturated heterocycles. The molecule has 0 spiro atoms. The minimum absolute atomic E-state index is 0.000480. The van der Waals surface area contributed by atoms with Gasteiger partial charge >= 0.3 is 0 Å². The highest BCUT2D eigenvalue weighted by Gasteiger charge is 2.29. The number of nitrogens with zero attached hydrogens (tertiary/aromatic N) is 2. The minimum atomic E-state index is -0.0406. The molecular weight excluding hydrogens is 374 g/mol. The second-order valence-corrected chi connectivity index (χ2v) is 8.46. The van der Waals surface area contributed by atoms with Crippen molar-refractivity contribution in [1.82, 2.24) is 10.3 Å². The first-order valence-corrected chi connectivity index (χ1v) is 10.8. The molecule has 0 radical (unpaired) electrons. The number of carbonyl (C=O) groups is 2. The SMILES string of the molecule is CC(=O)NCc1cccc(-c2cc(C)c3c(c2)CN(N=CC2CCCCC2)C3=O)c1. The summed E-state index contributed by atoms with van der Waals surface area (Å²) in [5.74, 6) is 0.458. The maximum absolute atomic E-state index is 12.9. The number of benzene rings is 2. The first-order valence-electron chi connectivity index (χ1n) is 10.8. The molecule has 1 heterocycles. The zero-order chi connectivity index (χ0) is 21.1. The number of aryl methyl sites for hydroxylation is 1. The quantitative estimate of drug-likeness (QED) is 0.728. The number of nitrogens with one attached hydrogen (secondary N) is 1. The Kier molecular flexibility index (Phi) is 5.98. The molecule has 5 heteroatoms. The molecule has 156 valence electrons. The minimum Gasteiger partial charge on any atom is -0.352 e. The second-order valence-electron chi connectivity index (χ2n) is 8.46. The summed E-state index contributed by atoms with van der Waals surface area (Å²) in [7, 11) is 0. The van der Waals surface area contributed by atoms with Crippen LogP contribution in [0.25, 0.3) is 11.1 Å². The third kappa shape index (κ3) is 4.45. The molecule has 4 rings (SSSR count). The van der Waals surface area contributed by atoms with Crippen LogP contribution in [0.3, 0.4) is 0 Å². The number of amides is 2. The van der Waals surface area contributed by atoms with Gasteiger partial charge in [-0.1, -0.05) is 43.5 Å². The number of hydrogen-bond donors (Lipinski definition) is 1. The lowest BCUT2D eigenvalue weighted by atomic mass is 9.90. The molecule has 5 nitrogen and oxygen atoms in total. The highest BCUT2D eigenvalue weighted by atomic mass is 16.2. The zero-order valence-electron chi connectivity index (χ0n) is 17.8. The first kappa shape index (κ1) is 20.3. The van der Waals surface area contributed by atoms with Crippen molar-refractivity contribution in [3.63, 3.8) is 0 Å². The number of fused-ring (bicyclic) bond motifs is 1. The molecule has 1 aliphatic carbocycles. The monoisotopic (exact) mass is 403 g/mol. The molecule has 2 aromatic carbocycles. The van der Waals surface area contributed by atoms with Gasteiger partial charge in [0.2, 0.25) is 5.91 Å². The van der Waals surface area contributed by atoms with Gasteiger partial charge in [0.05, 0.1) is 6.54 Å². The smallest absolute Gasteiger partial charge is 0.274 e. The topological polar surface area (TPSA) is 61.8 Å². The number of hydrogen-bond acceptors (Lipinski definition) is 3. The van der Waals surface area contributed by atoms with Crippen LogP contribution < -0.4 is 5.32 Å². The molecule has 2 aliphatic rings. The fourth-order valence-corrected chi connectivity index (χ4v) is 4.46. The van der Waals surface area contributed by atoms with Crippen molar-refractivity contribution >= 4 is 18.0 Å². The highest BCUT2D eigenvalue weighted by molar-refractivity contribution is 6.00. The third-order valence-corrected chi connectivity index (χ3v) is 6.05. The van der Waals surface area contributed by atoms with Crippen molar-refractivity contribution in [3.8, 4) is 11.1 Å². The lowest BCUT2D eigenvalue weighted by Gasteiger charge is -2.18. The standard InChI is InChI=1S/C25H29N3O2/c1-17-11-22(21-10-6-9-20(12-21)14-26-18(2)29)13-23-16-28(25(30)24(17)23)27-15-19-7-4-3-5-8-19/h6,9-13,15,19H,3-5,7-8,14,16H2,1-2H3,(H,26,29). The predicted molar refractivity (Wildman–Crippen MR) is 119 cm³/mol. The van der Waals surface area contributed by atoms with E-state index in [2.05, 4.69) is 34.7 Å². The van der Waals surface area contributed by atoms with Crippen LogP contribution in [-0.4, -0.2) is 23.0 Å². The molecule has 1 aliphatic heterocycles. The van der Waals surface area contributed by atoms with Crippen molar-refractivity contribution < 1.29 is 9.59 Å². The van der Waals surface area contributed by atoms with E-state index in [1.54, 1.807) is 5.01 Å². The normalized spacial score (nSPS) is 16.9. The van der Waals surface area contributed by atoms with Crippen LogP contribution in [-0.2, 0) is 17.9 Å². The van der Waals surface area contributed by atoms with Gasteiger partial charge in [-0.15, -0.1) is 0 Å². The van der Waals surface area contributed by atoms with E-state index in [1.807, 2.05) is 25.3 Å². The Balaban J connectivity index is 1.55. The number of carbonyl (C=O) groups excluding carboxylic acids is 2. The number of rotatable bonds is 5. The summed E-state index contributed by atoms with van der Waals surface area (Å²) in [5.41, 5.74) is 6.02. The summed E-state index contributed by atoms with van der Waals surface area (Å²) < 4.78 is 0. The lowest BCUT2D eigenvalue weighted by molar-refractivity contribution is -0.119. The van der Waals surface area contributed by atoms with Crippen LogP contribution in [0.1, 0.15) is 66.1 Å². The summed E-state index contributed by atoms with van der Waals surface area (Å²) in [6, 6.07) is 12.3. The van der Waals surface area contributed by atoms with E-state index < -0.39 is 0 Å².